The summed E-state index contributed by atoms with van der Waals surface area (Å²) in [6, 6.07) is 0. The minimum Gasteiger partial charge on any atom is -0.516 e. The average Bonchev–Trinajstić information content (AvgIpc) is 1.65. The van der Waals surface area contributed by atoms with E-state index >= 15 is 0 Å². The largest absolute Gasteiger partial charge is 0.516 e. The molecule has 1 N–H and O–H groups in total. The van der Waals surface area contributed by atoms with Crippen molar-refractivity contribution in [2.24, 2.45) is 0 Å². The number of aliphatic hydroxyl groups excluding tert-OH is 1. The van der Waals surface area contributed by atoms with Gasteiger partial charge in [-0.3, -0.25) is 0 Å². The molecular weight excluding hydrogens is 76.1 g/mol. The van der Waals surface area contributed by atoms with Crippen LogP contribution in [0.4, 0.5) is 0 Å². The minimum absolute atomic E-state index is 0.691. The van der Waals surface area contributed by atoms with Crippen molar-refractivity contribution in [1.29, 1.82) is 0 Å². The molecule has 0 bridgehead atoms. The summed E-state index contributed by atoms with van der Waals surface area (Å²) in [6.07, 6.45) is 1.77. The summed E-state index contributed by atoms with van der Waals surface area (Å²) in [7, 11) is 0. The highest BCUT2D eigenvalue weighted by Gasteiger charge is 1.75. The third-order valence-electron chi connectivity index (χ3n) is 0.615. The lowest BCUT2D eigenvalue weighted by molar-refractivity contribution is 0.466. The molecule has 1 heteroatoms. The maximum absolute atomic E-state index is 8.13. The summed E-state index contributed by atoms with van der Waals surface area (Å²) in [4.78, 5) is 0. The van der Waals surface area contributed by atoms with Crippen molar-refractivity contribution < 1.29 is 5.11 Å². The molecule has 0 aliphatic rings. The zero-order valence-corrected chi connectivity index (χ0v) is 3.94. The van der Waals surface area contributed by atoms with Gasteiger partial charge in [0.15, 0.2) is 0 Å². The zero-order valence-electron chi connectivity index (χ0n) is 3.94. The highest BCUT2D eigenvalue weighted by atomic mass is 16.2. The molecule has 0 amide bonds. The smallest absolute Gasteiger partial charge is 0.0780 e. The normalized spacial score (nSPS) is 12.0. The second-order valence-corrected chi connectivity index (χ2v) is 1.23. The van der Waals surface area contributed by atoms with Gasteiger partial charge in [-0.2, -0.15) is 0 Å². The Morgan fingerprint density at radius 1 is 2.00 bits per heavy atom. The van der Waals surface area contributed by atoms with Gasteiger partial charge in [-0.05, 0) is 25.8 Å². The molecule has 35 valence electrons. The van der Waals surface area contributed by atoms with Crippen LogP contribution in [0, 0.1) is 6.92 Å². The quantitative estimate of drug-likeness (QED) is 0.480. The number of aliphatic hydroxyl groups is 1. The van der Waals surface area contributed by atoms with E-state index in [1.165, 1.54) is 0 Å². The van der Waals surface area contributed by atoms with E-state index in [2.05, 4.69) is 6.92 Å². The van der Waals surface area contributed by atoms with Crippen LogP contribution in [0.25, 0.3) is 0 Å². The molecule has 0 saturated carbocycles. The Kier molecular flexibility index (Phi) is 2.55. The predicted molar refractivity (Wildman–Crippen MR) is 26.4 cm³/mol. The Labute approximate surface area is 38.3 Å². The highest BCUT2D eigenvalue weighted by Crippen LogP contribution is 1.92. The molecule has 0 unspecified atom stereocenters. The summed E-state index contributed by atoms with van der Waals surface area (Å²) < 4.78 is 0. The topological polar surface area (TPSA) is 20.2 Å². The third kappa shape index (κ3) is 1.82. The van der Waals surface area contributed by atoms with E-state index in [-0.39, 0.29) is 0 Å². The molecule has 0 saturated heterocycles. The third-order valence-corrected chi connectivity index (χ3v) is 0.615. The fraction of sp³-hybridized carbons (Fsp3) is 0.400. The van der Waals surface area contributed by atoms with E-state index in [9.17, 15) is 0 Å². The second kappa shape index (κ2) is 2.76. The first kappa shape index (κ1) is 5.54. The van der Waals surface area contributed by atoms with Crippen LogP contribution in [0.2, 0.25) is 0 Å². The second-order valence-electron chi connectivity index (χ2n) is 1.23. The van der Waals surface area contributed by atoms with E-state index in [4.69, 9.17) is 5.11 Å². The molecule has 0 fully saturated rings. The fourth-order valence-electron chi connectivity index (χ4n) is 0.0645. The lowest BCUT2D eigenvalue weighted by Gasteiger charge is -1.83. The van der Waals surface area contributed by atoms with Crippen molar-refractivity contribution in [2.75, 3.05) is 0 Å². The summed E-state index contributed by atoms with van der Waals surface area (Å²) >= 11 is 0. The van der Waals surface area contributed by atoms with Gasteiger partial charge in [-0.25, -0.2) is 0 Å². The van der Waals surface area contributed by atoms with E-state index in [0.29, 0.717) is 6.42 Å². The van der Waals surface area contributed by atoms with Gasteiger partial charge in [0.25, 0.3) is 0 Å². The molecule has 0 aromatic carbocycles. The SMILES string of the molecule is [CH2]CC(C)=CO. The molecule has 0 aromatic rings. The Hall–Kier alpha value is -0.460. The van der Waals surface area contributed by atoms with E-state index in [1.54, 1.807) is 0 Å². The lowest BCUT2D eigenvalue weighted by atomic mass is 10.3. The van der Waals surface area contributed by atoms with E-state index in [0.717, 1.165) is 11.8 Å². The van der Waals surface area contributed by atoms with Gasteiger partial charge in [-0.15, -0.1) is 0 Å². The van der Waals surface area contributed by atoms with Crippen LogP contribution in [0.1, 0.15) is 13.3 Å². The summed E-state index contributed by atoms with van der Waals surface area (Å²) in [5.41, 5.74) is 0.912. The predicted octanol–water partition coefficient (Wildman–Crippen LogP) is 1.67. The van der Waals surface area contributed by atoms with Gasteiger partial charge in [0.1, 0.15) is 0 Å². The van der Waals surface area contributed by atoms with Crippen LogP contribution in [0.15, 0.2) is 11.8 Å². The van der Waals surface area contributed by atoms with Gasteiger partial charge >= 0.3 is 0 Å². The molecule has 1 radical (unpaired) electrons. The molecule has 0 aliphatic heterocycles. The van der Waals surface area contributed by atoms with Gasteiger partial charge in [-0.1, -0.05) is 0 Å². The van der Waals surface area contributed by atoms with Crippen LogP contribution >= 0.6 is 0 Å². The molecule has 0 heterocycles. The molecule has 0 atom stereocenters. The molecule has 0 aliphatic carbocycles. The first-order valence-corrected chi connectivity index (χ1v) is 1.90. The van der Waals surface area contributed by atoms with Gasteiger partial charge in [0.05, 0.1) is 6.26 Å². The van der Waals surface area contributed by atoms with Crippen molar-refractivity contribution in [3.63, 3.8) is 0 Å². The molecule has 6 heavy (non-hydrogen) atoms. The maximum atomic E-state index is 8.13. The first-order valence-electron chi connectivity index (χ1n) is 1.90. The summed E-state index contributed by atoms with van der Waals surface area (Å²) in [6.45, 7) is 5.35. The Morgan fingerprint density at radius 3 is 2.50 bits per heavy atom. The van der Waals surface area contributed by atoms with Crippen molar-refractivity contribution in [2.45, 2.75) is 13.3 Å². The standard InChI is InChI=1S/C5H9O/c1-3-5(2)4-6/h4,6H,1,3H2,2H3. The van der Waals surface area contributed by atoms with Crippen molar-refractivity contribution in [1.82, 2.24) is 0 Å². The highest BCUT2D eigenvalue weighted by molar-refractivity contribution is 4.91. The van der Waals surface area contributed by atoms with Crippen molar-refractivity contribution in [3.8, 4) is 0 Å². The van der Waals surface area contributed by atoms with Crippen molar-refractivity contribution in [3.05, 3.63) is 18.8 Å². The van der Waals surface area contributed by atoms with Crippen LogP contribution in [0.3, 0.4) is 0 Å². The van der Waals surface area contributed by atoms with Crippen LogP contribution in [-0.4, -0.2) is 5.11 Å². The Bertz CT molecular complexity index is 55.0. The fourth-order valence-corrected chi connectivity index (χ4v) is 0.0645. The summed E-state index contributed by atoms with van der Waals surface area (Å²) in [5.74, 6) is 0. The van der Waals surface area contributed by atoms with Crippen LogP contribution in [0.5, 0.6) is 0 Å². The molecule has 0 aromatic heterocycles. The first-order chi connectivity index (χ1) is 2.81. The number of rotatable bonds is 1. The Morgan fingerprint density at radius 2 is 2.50 bits per heavy atom. The minimum atomic E-state index is 0.691. The van der Waals surface area contributed by atoms with Crippen molar-refractivity contribution >= 4 is 0 Å². The zero-order chi connectivity index (χ0) is 4.99. The summed E-state index contributed by atoms with van der Waals surface area (Å²) in [5, 5.41) is 8.13. The average molecular weight is 85.1 g/mol. The Balaban J connectivity index is 3.22. The molecule has 1 nitrogen and oxygen atoms in total. The monoisotopic (exact) mass is 85.1 g/mol. The maximum Gasteiger partial charge on any atom is 0.0780 e. The van der Waals surface area contributed by atoms with Gasteiger partial charge < -0.3 is 5.11 Å². The molecule has 0 spiro atoms. The van der Waals surface area contributed by atoms with Crippen LogP contribution in [-0.2, 0) is 0 Å². The van der Waals surface area contributed by atoms with Gasteiger partial charge in [0.2, 0.25) is 0 Å². The number of allylic oxidation sites excluding steroid dienone is 1. The number of hydrogen-bond acceptors (Lipinski definition) is 1. The molecular formula is C5H9O. The number of hydrogen-bond donors (Lipinski definition) is 1. The van der Waals surface area contributed by atoms with E-state index in [1.807, 2.05) is 6.92 Å². The van der Waals surface area contributed by atoms with E-state index < -0.39 is 0 Å². The van der Waals surface area contributed by atoms with Gasteiger partial charge in [0, 0.05) is 0 Å². The van der Waals surface area contributed by atoms with Crippen LogP contribution < -0.4 is 0 Å². The lowest BCUT2D eigenvalue weighted by Crippen LogP contribution is -1.66. The molecule has 0 rings (SSSR count).